The lowest BCUT2D eigenvalue weighted by atomic mass is 10.0. The zero-order valence-electron chi connectivity index (χ0n) is 11.7. The second kappa shape index (κ2) is 5.99. The zero-order valence-corrected chi connectivity index (χ0v) is 11.7. The monoisotopic (exact) mass is 227 g/mol. The van der Waals surface area contributed by atoms with E-state index in [2.05, 4.69) is 50.0 Å². The Morgan fingerprint density at radius 3 is 2.62 bits per heavy atom. The molecule has 3 nitrogen and oxygen atoms in total. The summed E-state index contributed by atoms with van der Waals surface area (Å²) in [5.41, 5.74) is 0.223. The van der Waals surface area contributed by atoms with Crippen molar-refractivity contribution in [1.82, 2.24) is 15.1 Å². The minimum Gasteiger partial charge on any atom is -0.311 e. The Hall–Kier alpha value is -0.120. The molecule has 0 bridgehead atoms. The molecule has 3 heteroatoms. The van der Waals surface area contributed by atoms with Gasteiger partial charge in [-0.05, 0) is 53.9 Å². The van der Waals surface area contributed by atoms with E-state index in [4.69, 9.17) is 0 Å². The van der Waals surface area contributed by atoms with Crippen LogP contribution in [0.3, 0.4) is 0 Å². The van der Waals surface area contributed by atoms with Gasteiger partial charge in [0.15, 0.2) is 0 Å². The number of rotatable bonds is 6. The van der Waals surface area contributed by atoms with Crippen molar-refractivity contribution in [2.75, 3.05) is 40.3 Å². The van der Waals surface area contributed by atoms with Crippen molar-refractivity contribution in [2.24, 2.45) is 0 Å². The third kappa shape index (κ3) is 4.40. The van der Waals surface area contributed by atoms with Gasteiger partial charge in [0, 0.05) is 24.7 Å². The quantitative estimate of drug-likeness (QED) is 0.740. The van der Waals surface area contributed by atoms with Gasteiger partial charge in [-0.25, -0.2) is 0 Å². The average molecular weight is 227 g/mol. The van der Waals surface area contributed by atoms with Crippen LogP contribution in [0.25, 0.3) is 0 Å². The van der Waals surface area contributed by atoms with E-state index in [1.54, 1.807) is 0 Å². The zero-order chi connectivity index (χ0) is 12.2. The van der Waals surface area contributed by atoms with Crippen LogP contribution in [0.15, 0.2) is 0 Å². The number of nitrogens with zero attached hydrogens (tertiary/aromatic N) is 2. The number of nitrogens with one attached hydrogen (secondary N) is 1. The van der Waals surface area contributed by atoms with Gasteiger partial charge in [0.25, 0.3) is 0 Å². The third-order valence-electron chi connectivity index (χ3n) is 3.51. The number of hydrogen-bond donors (Lipinski definition) is 1. The average Bonchev–Trinajstić information content (AvgIpc) is 2.50. The number of hydrogen-bond acceptors (Lipinski definition) is 3. The highest BCUT2D eigenvalue weighted by atomic mass is 15.2. The van der Waals surface area contributed by atoms with Gasteiger partial charge in [-0.15, -0.1) is 0 Å². The Morgan fingerprint density at radius 1 is 1.44 bits per heavy atom. The number of likely N-dealkylation sites (tertiary alicyclic amines) is 1. The van der Waals surface area contributed by atoms with E-state index in [1.165, 1.54) is 25.9 Å². The Labute approximate surface area is 101 Å². The van der Waals surface area contributed by atoms with Crippen molar-refractivity contribution < 1.29 is 0 Å². The van der Waals surface area contributed by atoms with Crippen molar-refractivity contribution in [3.05, 3.63) is 0 Å². The molecule has 0 aromatic rings. The first-order valence-electron chi connectivity index (χ1n) is 6.58. The molecule has 0 aliphatic carbocycles. The van der Waals surface area contributed by atoms with E-state index in [0.29, 0.717) is 0 Å². The molecule has 0 aromatic heterocycles. The summed E-state index contributed by atoms with van der Waals surface area (Å²) < 4.78 is 0. The predicted octanol–water partition coefficient (Wildman–Crippen LogP) is 1.40. The van der Waals surface area contributed by atoms with Crippen LogP contribution in [-0.2, 0) is 0 Å². The van der Waals surface area contributed by atoms with Crippen LogP contribution in [0, 0.1) is 0 Å². The van der Waals surface area contributed by atoms with Crippen LogP contribution < -0.4 is 5.32 Å². The maximum atomic E-state index is 3.53. The molecular formula is C13H29N3. The van der Waals surface area contributed by atoms with Crippen LogP contribution >= 0.6 is 0 Å². The summed E-state index contributed by atoms with van der Waals surface area (Å²) in [6.45, 7) is 11.4. The SMILES string of the molecule is CCNC(C)(C)CN(C)CC1CCCN1C. The molecule has 96 valence electrons. The van der Waals surface area contributed by atoms with Crippen LogP contribution in [0.5, 0.6) is 0 Å². The van der Waals surface area contributed by atoms with Crippen molar-refractivity contribution in [1.29, 1.82) is 0 Å². The van der Waals surface area contributed by atoms with E-state index in [1.807, 2.05) is 0 Å². The Morgan fingerprint density at radius 2 is 2.12 bits per heavy atom. The fourth-order valence-electron chi connectivity index (χ4n) is 2.84. The second-order valence-corrected chi connectivity index (χ2v) is 5.89. The molecule has 1 saturated heterocycles. The molecule has 0 aromatic carbocycles. The lowest BCUT2D eigenvalue weighted by molar-refractivity contribution is 0.183. The predicted molar refractivity (Wildman–Crippen MR) is 70.9 cm³/mol. The third-order valence-corrected chi connectivity index (χ3v) is 3.51. The fourth-order valence-corrected chi connectivity index (χ4v) is 2.84. The summed E-state index contributed by atoms with van der Waals surface area (Å²) >= 11 is 0. The van der Waals surface area contributed by atoms with E-state index in [0.717, 1.165) is 19.1 Å². The maximum Gasteiger partial charge on any atom is 0.0251 e. The molecule has 0 radical (unpaired) electrons. The van der Waals surface area contributed by atoms with Gasteiger partial charge in [0.2, 0.25) is 0 Å². The normalized spacial score (nSPS) is 23.2. The van der Waals surface area contributed by atoms with Crippen LogP contribution in [0.4, 0.5) is 0 Å². The van der Waals surface area contributed by atoms with Crippen molar-refractivity contribution in [2.45, 2.75) is 45.2 Å². The molecule has 1 N–H and O–H groups in total. The molecule has 0 amide bonds. The van der Waals surface area contributed by atoms with Crippen molar-refractivity contribution >= 4 is 0 Å². The van der Waals surface area contributed by atoms with Gasteiger partial charge >= 0.3 is 0 Å². The molecular weight excluding hydrogens is 198 g/mol. The first kappa shape index (κ1) is 13.9. The van der Waals surface area contributed by atoms with Gasteiger partial charge in [-0.3, -0.25) is 0 Å². The molecule has 1 rings (SSSR count). The van der Waals surface area contributed by atoms with Gasteiger partial charge in [-0.1, -0.05) is 6.92 Å². The summed E-state index contributed by atoms with van der Waals surface area (Å²) in [7, 11) is 4.49. The summed E-state index contributed by atoms with van der Waals surface area (Å²) in [6, 6.07) is 0.766. The van der Waals surface area contributed by atoms with Gasteiger partial charge in [-0.2, -0.15) is 0 Å². The highest BCUT2D eigenvalue weighted by molar-refractivity contribution is 4.84. The highest BCUT2D eigenvalue weighted by Crippen LogP contribution is 2.16. The molecule has 16 heavy (non-hydrogen) atoms. The molecule has 1 atom stereocenters. The summed E-state index contributed by atoms with van der Waals surface area (Å²) in [5.74, 6) is 0. The minimum absolute atomic E-state index is 0.223. The van der Waals surface area contributed by atoms with Gasteiger partial charge in [0.1, 0.15) is 0 Å². The van der Waals surface area contributed by atoms with E-state index < -0.39 is 0 Å². The molecule has 1 heterocycles. The molecule has 1 unspecified atom stereocenters. The van der Waals surface area contributed by atoms with Crippen LogP contribution in [0.1, 0.15) is 33.6 Å². The Bertz CT molecular complexity index is 203. The molecule has 1 fully saturated rings. The number of likely N-dealkylation sites (N-methyl/N-ethyl adjacent to an activating group) is 3. The van der Waals surface area contributed by atoms with E-state index in [-0.39, 0.29) is 5.54 Å². The van der Waals surface area contributed by atoms with Crippen molar-refractivity contribution in [3.8, 4) is 0 Å². The summed E-state index contributed by atoms with van der Waals surface area (Å²) in [6.07, 6.45) is 2.73. The van der Waals surface area contributed by atoms with Gasteiger partial charge in [0.05, 0.1) is 0 Å². The molecule has 0 spiro atoms. The first-order valence-corrected chi connectivity index (χ1v) is 6.58. The smallest absolute Gasteiger partial charge is 0.0251 e. The lowest BCUT2D eigenvalue weighted by Gasteiger charge is -2.33. The Kier molecular flexibility index (Phi) is 5.22. The molecule has 0 saturated carbocycles. The summed E-state index contributed by atoms with van der Waals surface area (Å²) in [5, 5.41) is 3.53. The first-order chi connectivity index (χ1) is 7.44. The fraction of sp³-hybridized carbons (Fsp3) is 1.00. The van der Waals surface area contributed by atoms with E-state index in [9.17, 15) is 0 Å². The maximum absolute atomic E-state index is 3.53. The van der Waals surface area contributed by atoms with Crippen LogP contribution in [0.2, 0.25) is 0 Å². The van der Waals surface area contributed by atoms with E-state index >= 15 is 0 Å². The van der Waals surface area contributed by atoms with Crippen LogP contribution in [-0.4, -0.2) is 61.7 Å². The second-order valence-electron chi connectivity index (χ2n) is 5.89. The highest BCUT2D eigenvalue weighted by Gasteiger charge is 2.24. The van der Waals surface area contributed by atoms with Gasteiger partial charge < -0.3 is 15.1 Å². The minimum atomic E-state index is 0.223. The molecule has 1 aliphatic rings. The lowest BCUT2D eigenvalue weighted by Crippen LogP contribution is -2.50. The topological polar surface area (TPSA) is 18.5 Å². The molecule has 1 aliphatic heterocycles. The Balaban J connectivity index is 2.32. The largest absolute Gasteiger partial charge is 0.311 e. The summed E-state index contributed by atoms with van der Waals surface area (Å²) in [4.78, 5) is 4.96. The standard InChI is InChI=1S/C13H29N3/c1-6-14-13(2,3)11-15(4)10-12-8-7-9-16(12)5/h12,14H,6-11H2,1-5H3. The van der Waals surface area contributed by atoms with Crippen molar-refractivity contribution in [3.63, 3.8) is 0 Å².